The first-order valence-electron chi connectivity index (χ1n) is 7.46. The molecule has 0 spiro atoms. The van der Waals surface area contributed by atoms with Crippen molar-refractivity contribution >= 4 is 0 Å². The lowest BCUT2D eigenvalue weighted by atomic mass is 10.2. The zero-order valence-electron chi connectivity index (χ0n) is 12.3. The molecule has 2 aromatic carbocycles. The van der Waals surface area contributed by atoms with Gasteiger partial charge < -0.3 is 15.2 Å². The van der Waals surface area contributed by atoms with Gasteiger partial charge in [0.2, 0.25) is 0 Å². The van der Waals surface area contributed by atoms with Crippen molar-refractivity contribution in [3.8, 4) is 5.75 Å². The first-order valence-corrected chi connectivity index (χ1v) is 7.46. The molecule has 0 aliphatic carbocycles. The smallest absolute Gasteiger partial charge is 0.120 e. The van der Waals surface area contributed by atoms with E-state index in [2.05, 4.69) is 29.6 Å². The summed E-state index contributed by atoms with van der Waals surface area (Å²) >= 11 is 0. The molecule has 0 aliphatic heterocycles. The Labute approximate surface area is 126 Å². The highest BCUT2D eigenvalue weighted by atomic mass is 16.5. The Hall–Kier alpha value is -1.84. The fraction of sp³-hybridized carbons (Fsp3) is 0.333. The van der Waals surface area contributed by atoms with Crippen LogP contribution >= 0.6 is 0 Å². The normalized spacial score (nSPS) is 10.5. The Morgan fingerprint density at radius 3 is 2.52 bits per heavy atom. The average molecular weight is 285 g/mol. The van der Waals surface area contributed by atoms with E-state index in [1.54, 1.807) is 0 Å². The summed E-state index contributed by atoms with van der Waals surface area (Å²) in [7, 11) is 0. The molecule has 2 aromatic rings. The summed E-state index contributed by atoms with van der Waals surface area (Å²) in [5.74, 6) is 0.897. The van der Waals surface area contributed by atoms with Crippen LogP contribution in [0.3, 0.4) is 0 Å². The third kappa shape index (κ3) is 5.98. The third-order valence-corrected chi connectivity index (χ3v) is 3.24. The maximum Gasteiger partial charge on any atom is 0.120 e. The van der Waals surface area contributed by atoms with Crippen LogP contribution in [0.2, 0.25) is 0 Å². The van der Waals surface area contributed by atoms with Crippen molar-refractivity contribution in [2.24, 2.45) is 0 Å². The fourth-order valence-corrected chi connectivity index (χ4v) is 2.08. The van der Waals surface area contributed by atoms with Crippen LogP contribution < -0.4 is 10.1 Å². The largest absolute Gasteiger partial charge is 0.489 e. The van der Waals surface area contributed by atoms with E-state index < -0.39 is 0 Å². The quantitative estimate of drug-likeness (QED) is 0.696. The summed E-state index contributed by atoms with van der Waals surface area (Å²) in [6, 6.07) is 18.3. The summed E-state index contributed by atoms with van der Waals surface area (Å²) in [4.78, 5) is 0. The summed E-state index contributed by atoms with van der Waals surface area (Å²) in [5, 5.41) is 12.1. The minimum atomic E-state index is 0.268. The van der Waals surface area contributed by atoms with Gasteiger partial charge in [-0.2, -0.15) is 0 Å². The number of aliphatic hydroxyl groups is 1. The van der Waals surface area contributed by atoms with E-state index in [1.165, 1.54) is 11.1 Å². The summed E-state index contributed by atoms with van der Waals surface area (Å²) < 4.78 is 5.82. The van der Waals surface area contributed by atoms with E-state index in [1.807, 2.05) is 30.3 Å². The molecular weight excluding hydrogens is 262 g/mol. The van der Waals surface area contributed by atoms with Crippen LogP contribution in [0, 0.1) is 0 Å². The Balaban J connectivity index is 1.77. The molecule has 21 heavy (non-hydrogen) atoms. The minimum Gasteiger partial charge on any atom is -0.489 e. The molecule has 2 rings (SSSR count). The van der Waals surface area contributed by atoms with Crippen molar-refractivity contribution < 1.29 is 9.84 Å². The van der Waals surface area contributed by atoms with E-state index in [9.17, 15) is 0 Å². The van der Waals surface area contributed by atoms with Crippen LogP contribution in [-0.2, 0) is 13.2 Å². The van der Waals surface area contributed by atoms with Crippen molar-refractivity contribution in [2.75, 3.05) is 13.2 Å². The molecule has 0 bridgehead atoms. The van der Waals surface area contributed by atoms with Crippen molar-refractivity contribution in [3.05, 3.63) is 65.7 Å². The van der Waals surface area contributed by atoms with Gasteiger partial charge in [0.1, 0.15) is 12.4 Å². The summed E-state index contributed by atoms with van der Waals surface area (Å²) in [5.41, 5.74) is 2.38. The second kappa shape index (κ2) is 9.16. The van der Waals surface area contributed by atoms with Crippen molar-refractivity contribution in [3.63, 3.8) is 0 Å². The predicted octanol–water partition coefficient (Wildman–Crippen LogP) is 3.13. The molecule has 0 aliphatic rings. The lowest BCUT2D eigenvalue weighted by molar-refractivity contribution is 0.283. The molecule has 0 amide bonds. The molecule has 0 heterocycles. The lowest BCUT2D eigenvalue weighted by Crippen LogP contribution is -2.15. The number of rotatable bonds is 9. The minimum absolute atomic E-state index is 0.268. The maximum absolute atomic E-state index is 8.73. The van der Waals surface area contributed by atoms with Gasteiger partial charge in [-0.25, -0.2) is 0 Å². The van der Waals surface area contributed by atoms with Crippen LogP contribution in [-0.4, -0.2) is 18.3 Å². The number of nitrogens with one attached hydrogen (secondary N) is 1. The molecule has 3 heteroatoms. The molecule has 0 unspecified atom stereocenters. The first-order chi connectivity index (χ1) is 10.4. The molecule has 0 fully saturated rings. The van der Waals surface area contributed by atoms with Gasteiger partial charge in [-0.15, -0.1) is 0 Å². The SMILES string of the molecule is OCCCCNCc1cccc(OCc2ccccc2)c1. The Morgan fingerprint density at radius 2 is 1.71 bits per heavy atom. The molecule has 2 N–H and O–H groups in total. The van der Waals surface area contributed by atoms with Crippen molar-refractivity contribution in [1.82, 2.24) is 5.32 Å². The van der Waals surface area contributed by atoms with Crippen LogP contribution in [0.4, 0.5) is 0 Å². The van der Waals surface area contributed by atoms with E-state index in [4.69, 9.17) is 9.84 Å². The van der Waals surface area contributed by atoms with E-state index >= 15 is 0 Å². The monoisotopic (exact) mass is 285 g/mol. The first kappa shape index (κ1) is 15.5. The van der Waals surface area contributed by atoms with Gasteiger partial charge in [-0.1, -0.05) is 42.5 Å². The van der Waals surface area contributed by atoms with Crippen LogP contribution in [0.5, 0.6) is 5.75 Å². The van der Waals surface area contributed by atoms with Gasteiger partial charge in [-0.05, 0) is 42.6 Å². The number of ether oxygens (including phenoxy) is 1. The fourth-order valence-electron chi connectivity index (χ4n) is 2.08. The van der Waals surface area contributed by atoms with Gasteiger partial charge in [0, 0.05) is 13.2 Å². The second-order valence-corrected chi connectivity index (χ2v) is 5.03. The highest BCUT2D eigenvalue weighted by Crippen LogP contribution is 2.15. The summed E-state index contributed by atoms with van der Waals surface area (Å²) in [6.45, 7) is 2.61. The van der Waals surface area contributed by atoms with Crippen molar-refractivity contribution in [1.29, 1.82) is 0 Å². The van der Waals surface area contributed by atoms with Crippen molar-refractivity contribution in [2.45, 2.75) is 26.0 Å². The molecule has 0 radical (unpaired) electrons. The standard InChI is InChI=1S/C18H23NO2/c20-12-5-4-11-19-14-17-9-6-10-18(13-17)21-15-16-7-2-1-3-8-16/h1-3,6-10,13,19-20H,4-5,11-12,14-15H2. The topological polar surface area (TPSA) is 41.5 Å². The Kier molecular flexibility index (Phi) is 6.78. The van der Waals surface area contributed by atoms with Gasteiger partial charge in [0.05, 0.1) is 0 Å². The predicted molar refractivity (Wildman–Crippen MR) is 85.2 cm³/mol. The molecule has 0 atom stereocenters. The van der Waals surface area contributed by atoms with E-state index in [-0.39, 0.29) is 6.61 Å². The average Bonchev–Trinajstić information content (AvgIpc) is 2.54. The van der Waals surface area contributed by atoms with Gasteiger partial charge >= 0.3 is 0 Å². The maximum atomic E-state index is 8.73. The molecular formula is C18H23NO2. The molecule has 0 saturated heterocycles. The zero-order valence-corrected chi connectivity index (χ0v) is 12.3. The number of hydrogen-bond acceptors (Lipinski definition) is 3. The highest BCUT2D eigenvalue weighted by molar-refractivity contribution is 5.29. The molecule has 112 valence electrons. The number of aliphatic hydroxyl groups excluding tert-OH is 1. The third-order valence-electron chi connectivity index (χ3n) is 3.24. The molecule has 3 nitrogen and oxygen atoms in total. The van der Waals surface area contributed by atoms with Gasteiger partial charge in [0.25, 0.3) is 0 Å². The van der Waals surface area contributed by atoms with Crippen LogP contribution in [0.15, 0.2) is 54.6 Å². The number of unbranched alkanes of at least 4 members (excludes halogenated alkanes) is 1. The summed E-state index contributed by atoms with van der Waals surface area (Å²) in [6.07, 6.45) is 1.86. The van der Waals surface area contributed by atoms with Crippen LogP contribution in [0.25, 0.3) is 0 Å². The van der Waals surface area contributed by atoms with Crippen LogP contribution in [0.1, 0.15) is 24.0 Å². The Bertz CT molecular complexity index is 514. The van der Waals surface area contributed by atoms with Gasteiger partial charge in [-0.3, -0.25) is 0 Å². The number of benzene rings is 2. The van der Waals surface area contributed by atoms with E-state index in [0.29, 0.717) is 6.61 Å². The molecule has 0 saturated carbocycles. The Morgan fingerprint density at radius 1 is 0.905 bits per heavy atom. The highest BCUT2D eigenvalue weighted by Gasteiger charge is 1.98. The molecule has 0 aromatic heterocycles. The number of hydrogen-bond donors (Lipinski definition) is 2. The zero-order chi connectivity index (χ0) is 14.8. The van der Waals surface area contributed by atoms with Gasteiger partial charge in [0.15, 0.2) is 0 Å². The lowest BCUT2D eigenvalue weighted by Gasteiger charge is -2.09. The van der Waals surface area contributed by atoms with E-state index in [0.717, 1.165) is 31.7 Å². The second-order valence-electron chi connectivity index (χ2n) is 5.03.